The van der Waals surface area contributed by atoms with Crippen molar-refractivity contribution in [2.45, 2.75) is 26.7 Å². The quantitative estimate of drug-likeness (QED) is 0.467. The molecule has 1 heterocycles. The summed E-state index contributed by atoms with van der Waals surface area (Å²) in [6.45, 7) is 4.85. The topological polar surface area (TPSA) is 9.23 Å². The van der Waals surface area contributed by atoms with Gasteiger partial charge in [-0.15, -0.1) is 0 Å². The maximum absolute atomic E-state index is 4.88. The van der Waals surface area contributed by atoms with Crippen LogP contribution in [-0.2, 0) is 4.74 Å². The van der Waals surface area contributed by atoms with Crippen LogP contribution in [0.5, 0.6) is 0 Å². The molecule has 1 aliphatic heterocycles. The predicted molar refractivity (Wildman–Crippen MR) is 39.1 cm³/mol. The van der Waals surface area contributed by atoms with E-state index in [1.165, 1.54) is 0 Å². The van der Waals surface area contributed by atoms with Crippen LogP contribution in [0.2, 0.25) is 0 Å². The molecule has 1 fully saturated rings. The summed E-state index contributed by atoms with van der Waals surface area (Å²) in [7, 11) is 0. The van der Waals surface area contributed by atoms with Gasteiger partial charge in [-0.1, -0.05) is 13.8 Å². The summed E-state index contributed by atoms with van der Waals surface area (Å²) in [5.74, 6) is 0. The molecule has 48 valence electrons. The number of hydrogen-bond acceptors (Lipinski definition) is 2. The molecule has 1 rings (SSSR count). The Bertz CT molecular complexity index is 62.9. The van der Waals surface area contributed by atoms with Gasteiger partial charge in [0.15, 0.2) is 5.05 Å². The van der Waals surface area contributed by atoms with Gasteiger partial charge >= 0.3 is 0 Å². The maximum atomic E-state index is 4.88. The standard InChI is InChI=1S/C4H6OS.C2H6/c6-4-2-1-3-5-4;1-2/h1-3H2;1-2H3. The Labute approximate surface area is 56.0 Å². The van der Waals surface area contributed by atoms with Gasteiger partial charge < -0.3 is 4.74 Å². The lowest BCUT2D eigenvalue weighted by molar-refractivity contribution is 0.351. The van der Waals surface area contributed by atoms with E-state index in [1.54, 1.807) is 0 Å². The van der Waals surface area contributed by atoms with Crippen molar-refractivity contribution in [3.05, 3.63) is 0 Å². The Morgan fingerprint density at radius 3 is 2.25 bits per heavy atom. The van der Waals surface area contributed by atoms with Crippen molar-refractivity contribution < 1.29 is 4.74 Å². The lowest BCUT2D eigenvalue weighted by Gasteiger charge is -1.85. The van der Waals surface area contributed by atoms with E-state index in [4.69, 9.17) is 17.0 Å². The maximum Gasteiger partial charge on any atom is 0.159 e. The first-order valence-electron chi connectivity index (χ1n) is 3.05. The largest absolute Gasteiger partial charge is 0.487 e. The first-order chi connectivity index (χ1) is 3.89. The molecule has 8 heavy (non-hydrogen) atoms. The van der Waals surface area contributed by atoms with E-state index in [1.807, 2.05) is 13.8 Å². The summed E-state index contributed by atoms with van der Waals surface area (Å²) in [4.78, 5) is 0. The van der Waals surface area contributed by atoms with Gasteiger partial charge in [0.25, 0.3) is 0 Å². The van der Waals surface area contributed by atoms with Gasteiger partial charge in [0.2, 0.25) is 0 Å². The molecule has 1 saturated heterocycles. The van der Waals surface area contributed by atoms with Crippen molar-refractivity contribution in [2.75, 3.05) is 6.61 Å². The number of hydrogen-bond donors (Lipinski definition) is 0. The molecule has 0 unspecified atom stereocenters. The smallest absolute Gasteiger partial charge is 0.159 e. The second-order valence-corrected chi connectivity index (χ2v) is 1.78. The molecular formula is C6H12OS. The van der Waals surface area contributed by atoms with E-state index in [2.05, 4.69) is 0 Å². The monoisotopic (exact) mass is 132 g/mol. The van der Waals surface area contributed by atoms with Crippen LogP contribution >= 0.6 is 12.2 Å². The van der Waals surface area contributed by atoms with Crippen LogP contribution in [0.25, 0.3) is 0 Å². The molecule has 2 heteroatoms. The second-order valence-electron chi connectivity index (χ2n) is 1.32. The molecule has 0 aliphatic carbocycles. The van der Waals surface area contributed by atoms with Crippen LogP contribution in [-0.4, -0.2) is 11.7 Å². The van der Waals surface area contributed by atoms with E-state index in [0.29, 0.717) is 0 Å². The first kappa shape index (κ1) is 7.89. The zero-order valence-corrected chi connectivity index (χ0v) is 6.25. The first-order valence-corrected chi connectivity index (χ1v) is 3.46. The summed E-state index contributed by atoms with van der Waals surface area (Å²) in [6, 6.07) is 0. The highest BCUT2D eigenvalue weighted by Crippen LogP contribution is 2.03. The Kier molecular flexibility index (Phi) is 4.97. The van der Waals surface area contributed by atoms with E-state index in [9.17, 15) is 0 Å². The van der Waals surface area contributed by atoms with Crippen molar-refractivity contribution >= 4 is 17.3 Å². The third-order valence-corrected chi connectivity index (χ3v) is 1.11. The molecule has 0 radical (unpaired) electrons. The molecule has 0 amide bonds. The second kappa shape index (κ2) is 5.04. The third kappa shape index (κ3) is 2.97. The number of ether oxygens (including phenoxy) is 1. The van der Waals surface area contributed by atoms with Crippen LogP contribution in [0.1, 0.15) is 26.7 Å². The van der Waals surface area contributed by atoms with Crippen molar-refractivity contribution in [3.8, 4) is 0 Å². The molecule has 0 aromatic rings. The fourth-order valence-corrected chi connectivity index (χ4v) is 0.702. The van der Waals surface area contributed by atoms with Crippen LogP contribution in [0.3, 0.4) is 0 Å². The van der Waals surface area contributed by atoms with E-state index < -0.39 is 0 Å². The predicted octanol–water partition coefficient (Wildman–Crippen LogP) is 2.15. The van der Waals surface area contributed by atoms with Crippen molar-refractivity contribution in [3.63, 3.8) is 0 Å². The third-order valence-electron chi connectivity index (χ3n) is 0.788. The van der Waals surface area contributed by atoms with Gasteiger partial charge in [-0.3, -0.25) is 0 Å². The van der Waals surface area contributed by atoms with E-state index in [0.717, 1.165) is 24.5 Å². The molecule has 0 bridgehead atoms. The highest BCUT2D eigenvalue weighted by Gasteiger charge is 2.03. The van der Waals surface area contributed by atoms with Crippen LogP contribution < -0.4 is 0 Å². The van der Waals surface area contributed by atoms with Gasteiger partial charge in [0, 0.05) is 6.42 Å². The van der Waals surface area contributed by atoms with Crippen LogP contribution in [0.4, 0.5) is 0 Å². The van der Waals surface area contributed by atoms with Crippen LogP contribution in [0.15, 0.2) is 0 Å². The van der Waals surface area contributed by atoms with Gasteiger partial charge in [0.05, 0.1) is 6.61 Å². The minimum atomic E-state index is 0.787. The molecule has 1 aliphatic rings. The Hall–Kier alpha value is -0.110. The summed E-state index contributed by atoms with van der Waals surface area (Å²) >= 11 is 4.70. The van der Waals surface area contributed by atoms with Crippen molar-refractivity contribution in [1.82, 2.24) is 0 Å². The fourth-order valence-electron chi connectivity index (χ4n) is 0.475. The SMILES string of the molecule is CC.S=C1CCCO1. The van der Waals surface area contributed by atoms with Gasteiger partial charge in [-0.2, -0.15) is 0 Å². The summed E-state index contributed by atoms with van der Waals surface area (Å²) < 4.78 is 4.88. The molecular weight excluding hydrogens is 120 g/mol. The molecule has 0 saturated carbocycles. The van der Waals surface area contributed by atoms with E-state index >= 15 is 0 Å². The minimum absolute atomic E-state index is 0.787. The Morgan fingerprint density at radius 1 is 1.50 bits per heavy atom. The molecule has 0 aromatic carbocycles. The Balaban J connectivity index is 0.000000222. The molecule has 0 N–H and O–H groups in total. The highest BCUT2D eigenvalue weighted by atomic mass is 32.1. The normalized spacial score (nSPS) is 16.5. The molecule has 0 spiro atoms. The highest BCUT2D eigenvalue weighted by molar-refractivity contribution is 7.80. The molecule has 1 nitrogen and oxygen atoms in total. The molecule has 0 aromatic heterocycles. The summed E-state index contributed by atoms with van der Waals surface area (Å²) in [5, 5.41) is 0.787. The van der Waals surface area contributed by atoms with Crippen molar-refractivity contribution in [2.24, 2.45) is 0 Å². The van der Waals surface area contributed by atoms with E-state index in [-0.39, 0.29) is 0 Å². The number of rotatable bonds is 0. The minimum Gasteiger partial charge on any atom is -0.487 e. The van der Waals surface area contributed by atoms with Gasteiger partial charge in [0.1, 0.15) is 0 Å². The summed E-state index contributed by atoms with van der Waals surface area (Å²) in [6.07, 6.45) is 2.12. The average Bonchev–Trinajstić information content (AvgIpc) is 2.24. The lowest BCUT2D eigenvalue weighted by atomic mass is 10.4. The fraction of sp³-hybridized carbons (Fsp3) is 0.833. The van der Waals surface area contributed by atoms with Crippen LogP contribution in [0, 0.1) is 0 Å². The number of thiocarbonyl (C=S) groups is 1. The Morgan fingerprint density at radius 2 is 2.12 bits per heavy atom. The van der Waals surface area contributed by atoms with Gasteiger partial charge in [-0.05, 0) is 18.6 Å². The lowest BCUT2D eigenvalue weighted by Crippen LogP contribution is -1.84. The average molecular weight is 132 g/mol. The van der Waals surface area contributed by atoms with Crippen molar-refractivity contribution in [1.29, 1.82) is 0 Å². The van der Waals surface area contributed by atoms with Gasteiger partial charge in [-0.25, -0.2) is 0 Å². The zero-order chi connectivity index (χ0) is 6.41. The zero-order valence-electron chi connectivity index (χ0n) is 5.44. The summed E-state index contributed by atoms with van der Waals surface area (Å²) in [5.41, 5.74) is 0. The molecule has 0 atom stereocenters.